The summed E-state index contributed by atoms with van der Waals surface area (Å²) in [6.07, 6.45) is 3.44. The van der Waals surface area contributed by atoms with Crippen LogP contribution in [0.25, 0.3) is 0 Å². The van der Waals surface area contributed by atoms with Crippen LogP contribution >= 0.6 is 0 Å². The Morgan fingerprint density at radius 1 is 1.53 bits per heavy atom. The molecule has 15 heavy (non-hydrogen) atoms. The lowest BCUT2D eigenvalue weighted by atomic mass is 10.3. The molecule has 6 nitrogen and oxygen atoms in total. The van der Waals surface area contributed by atoms with Gasteiger partial charge in [0.05, 0.1) is 0 Å². The van der Waals surface area contributed by atoms with Crippen LogP contribution in [0.4, 0.5) is 5.69 Å². The number of carbonyl (C=O) groups is 1. The molecule has 1 saturated carbocycles. The highest BCUT2D eigenvalue weighted by molar-refractivity contribution is 5.94. The van der Waals surface area contributed by atoms with Crippen molar-refractivity contribution in [2.45, 2.75) is 12.5 Å². The summed E-state index contributed by atoms with van der Waals surface area (Å²) in [5.41, 5.74) is 0.615. The fourth-order valence-corrected chi connectivity index (χ4v) is 1.37. The summed E-state index contributed by atoms with van der Waals surface area (Å²) in [5, 5.41) is 12.9. The molecule has 1 aromatic heterocycles. The third-order valence-corrected chi connectivity index (χ3v) is 2.31. The van der Waals surface area contributed by atoms with Gasteiger partial charge in [0.1, 0.15) is 5.92 Å². The highest BCUT2D eigenvalue weighted by Gasteiger charge is 2.53. The van der Waals surface area contributed by atoms with E-state index in [2.05, 4.69) is 10.3 Å². The molecule has 0 bridgehead atoms. The Balaban J connectivity index is 1.92. The molecule has 0 radical (unpaired) electrons. The largest absolute Gasteiger partial charge is 0.326 e. The zero-order valence-corrected chi connectivity index (χ0v) is 7.79. The molecule has 1 N–H and O–H groups in total. The van der Waals surface area contributed by atoms with E-state index in [1.807, 2.05) is 0 Å². The monoisotopic (exact) mass is 207 g/mol. The van der Waals surface area contributed by atoms with Crippen molar-refractivity contribution in [3.8, 4) is 0 Å². The fraction of sp³-hybridized carbons (Fsp3) is 0.333. The van der Waals surface area contributed by atoms with Crippen LogP contribution in [0.5, 0.6) is 0 Å². The standard InChI is InChI=1S/C9H9N3O3/c13-9(7-5-8(7)12(14)15)11-6-1-3-10-4-2-6/h1-4,7-8H,5H2,(H,10,11,13). The van der Waals surface area contributed by atoms with Gasteiger partial charge >= 0.3 is 0 Å². The summed E-state index contributed by atoms with van der Waals surface area (Å²) in [6, 6.07) is 2.58. The van der Waals surface area contributed by atoms with Crippen molar-refractivity contribution in [1.82, 2.24) is 4.98 Å². The lowest BCUT2D eigenvalue weighted by Gasteiger charge is -2.01. The van der Waals surface area contributed by atoms with Crippen LogP contribution in [0, 0.1) is 16.0 Å². The Kier molecular flexibility index (Phi) is 2.32. The van der Waals surface area contributed by atoms with Crippen molar-refractivity contribution < 1.29 is 9.72 Å². The quantitative estimate of drug-likeness (QED) is 0.583. The smallest absolute Gasteiger partial charge is 0.234 e. The summed E-state index contributed by atoms with van der Waals surface area (Å²) >= 11 is 0. The fourth-order valence-electron chi connectivity index (χ4n) is 1.37. The van der Waals surface area contributed by atoms with Crippen LogP contribution in [-0.2, 0) is 4.79 Å². The number of nitrogens with one attached hydrogen (secondary N) is 1. The molecule has 2 unspecified atom stereocenters. The molecule has 0 aliphatic heterocycles. The second-order valence-corrected chi connectivity index (χ2v) is 3.42. The van der Waals surface area contributed by atoms with Crippen molar-refractivity contribution >= 4 is 11.6 Å². The summed E-state index contributed by atoms with van der Waals surface area (Å²) < 4.78 is 0. The molecule has 0 aromatic carbocycles. The first-order chi connectivity index (χ1) is 7.18. The summed E-state index contributed by atoms with van der Waals surface area (Å²) in [5.74, 6) is -0.768. The number of nitrogens with zero attached hydrogens (tertiary/aromatic N) is 2. The number of nitro groups is 1. The van der Waals surface area contributed by atoms with Gasteiger partial charge in [-0.3, -0.25) is 19.9 Å². The maximum absolute atomic E-state index is 11.5. The molecule has 1 amide bonds. The molecule has 2 atom stereocenters. The molecule has 6 heteroatoms. The predicted octanol–water partition coefficient (Wildman–Crippen LogP) is 0.685. The van der Waals surface area contributed by atoms with Crippen LogP contribution in [0.1, 0.15) is 6.42 Å². The number of hydrogen-bond donors (Lipinski definition) is 1. The van der Waals surface area contributed by atoms with Gasteiger partial charge < -0.3 is 5.32 Å². The van der Waals surface area contributed by atoms with Crippen molar-refractivity contribution in [1.29, 1.82) is 0 Å². The first-order valence-corrected chi connectivity index (χ1v) is 4.53. The van der Waals surface area contributed by atoms with Gasteiger partial charge in [-0.1, -0.05) is 0 Å². The minimum atomic E-state index is -0.702. The van der Waals surface area contributed by atoms with Gasteiger partial charge in [-0.2, -0.15) is 0 Å². The third-order valence-electron chi connectivity index (χ3n) is 2.31. The van der Waals surface area contributed by atoms with E-state index in [0.717, 1.165) is 0 Å². The van der Waals surface area contributed by atoms with Crippen LogP contribution in [0.15, 0.2) is 24.5 Å². The van der Waals surface area contributed by atoms with E-state index in [0.29, 0.717) is 12.1 Å². The highest BCUT2D eigenvalue weighted by atomic mass is 16.6. The topological polar surface area (TPSA) is 85.1 Å². The van der Waals surface area contributed by atoms with E-state index in [1.165, 1.54) is 0 Å². The lowest BCUT2D eigenvalue weighted by molar-refractivity contribution is -0.497. The van der Waals surface area contributed by atoms with Gasteiger partial charge in [0, 0.05) is 29.4 Å². The second-order valence-electron chi connectivity index (χ2n) is 3.42. The second kappa shape index (κ2) is 3.64. The van der Waals surface area contributed by atoms with E-state index in [4.69, 9.17) is 0 Å². The van der Waals surface area contributed by atoms with E-state index in [9.17, 15) is 14.9 Å². The van der Waals surface area contributed by atoms with E-state index in [1.54, 1.807) is 24.5 Å². The minimum Gasteiger partial charge on any atom is -0.326 e. The summed E-state index contributed by atoms with van der Waals surface area (Å²) in [4.78, 5) is 25.2. The SMILES string of the molecule is O=C(Nc1ccncc1)C1CC1[N+](=O)[O-]. The van der Waals surface area contributed by atoms with E-state index in [-0.39, 0.29) is 5.91 Å². The molecule has 78 valence electrons. The minimum absolute atomic E-state index is 0.289. The van der Waals surface area contributed by atoms with Gasteiger partial charge in [0.25, 0.3) is 0 Å². The Hall–Kier alpha value is -1.98. The molecule has 0 spiro atoms. The predicted molar refractivity (Wildman–Crippen MR) is 51.8 cm³/mol. The van der Waals surface area contributed by atoms with Crippen molar-refractivity contribution in [2.75, 3.05) is 5.32 Å². The van der Waals surface area contributed by atoms with E-state index >= 15 is 0 Å². The summed E-state index contributed by atoms with van der Waals surface area (Å²) in [7, 11) is 0. The van der Waals surface area contributed by atoms with Gasteiger partial charge in [-0.05, 0) is 12.1 Å². The normalized spacial score (nSPS) is 23.2. The molecule has 1 heterocycles. The molecule has 2 rings (SSSR count). The number of pyridine rings is 1. The molecular formula is C9H9N3O3. The zero-order chi connectivity index (χ0) is 10.8. The first kappa shape index (κ1) is 9.57. The Morgan fingerprint density at radius 2 is 2.20 bits per heavy atom. The van der Waals surface area contributed by atoms with Crippen LogP contribution < -0.4 is 5.32 Å². The number of anilines is 1. The molecule has 1 aromatic rings. The van der Waals surface area contributed by atoms with Gasteiger partial charge in [-0.15, -0.1) is 0 Å². The van der Waals surface area contributed by atoms with Crippen molar-refractivity contribution in [3.63, 3.8) is 0 Å². The molecule has 0 saturated heterocycles. The number of aromatic nitrogens is 1. The number of rotatable bonds is 3. The van der Waals surface area contributed by atoms with Crippen LogP contribution in [0.2, 0.25) is 0 Å². The maximum Gasteiger partial charge on any atom is 0.234 e. The maximum atomic E-state index is 11.5. The molecular weight excluding hydrogens is 198 g/mol. The van der Waals surface area contributed by atoms with Gasteiger partial charge in [0.15, 0.2) is 0 Å². The van der Waals surface area contributed by atoms with Gasteiger partial charge in [-0.25, -0.2) is 0 Å². The Morgan fingerprint density at radius 3 is 2.73 bits per heavy atom. The molecule has 1 aliphatic rings. The average Bonchev–Trinajstić information content (AvgIpc) is 2.98. The zero-order valence-electron chi connectivity index (χ0n) is 7.79. The van der Waals surface area contributed by atoms with Crippen LogP contribution in [0.3, 0.4) is 0 Å². The lowest BCUT2D eigenvalue weighted by Crippen LogP contribution is -2.18. The Labute approximate surface area is 85.5 Å². The number of amides is 1. The Bertz CT molecular complexity index is 393. The first-order valence-electron chi connectivity index (χ1n) is 4.53. The van der Waals surface area contributed by atoms with E-state index < -0.39 is 16.9 Å². The van der Waals surface area contributed by atoms with Gasteiger partial charge in [0.2, 0.25) is 11.9 Å². The third kappa shape index (κ3) is 2.09. The average molecular weight is 207 g/mol. The number of carbonyl (C=O) groups excluding carboxylic acids is 1. The number of hydrogen-bond acceptors (Lipinski definition) is 4. The highest BCUT2D eigenvalue weighted by Crippen LogP contribution is 2.33. The molecule has 1 aliphatic carbocycles. The van der Waals surface area contributed by atoms with Crippen molar-refractivity contribution in [2.24, 2.45) is 5.92 Å². The molecule has 1 fully saturated rings. The summed E-state index contributed by atoms with van der Waals surface area (Å²) in [6.45, 7) is 0. The van der Waals surface area contributed by atoms with Crippen LogP contribution in [-0.4, -0.2) is 21.9 Å². The van der Waals surface area contributed by atoms with Crippen molar-refractivity contribution in [3.05, 3.63) is 34.6 Å².